The monoisotopic (exact) mass is 396 g/mol. The van der Waals surface area contributed by atoms with Crippen LogP contribution in [0.25, 0.3) is 0 Å². The topological polar surface area (TPSA) is 151 Å². The van der Waals surface area contributed by atoms with Crippen molar-refractivity contribution in [2.75, 3.05) is 25.6 Å². The number of H-pyrrole nitrogens is 2. The lowest BCUT2D eigenvalue weighted by molar-refractivity contribution is -0.119. The third kappa shape index (κ3) is 5.57. The molecule has 2 rings (SSSR count). The maximum Gasteiger partial charge on any atom is 0.342 e. The highest BCUT2D eigenvalue weighted by molar-refractivity contribution is 6.32. The van der Waals surface area contributed by atoms with Crippen molar-refractivity contribution in [3.05, 3.63) is 43.6 Å². The molecule has 1 heterocycles. The van der Waals surface area contributed by atoms with E-state index in [1.807, 2.05) is 17.0 Å². The van der Waals surface area contributed by atoms with E-state index >= 15 is 0 Å². The van der Waals surface area contributed by atoms with Gasteiger partial charge in [-0.1, -0.05) is 11.6 Å². The van der Waals surface area contributed by atoms with Gasteiger partial charge in [-0.15, -0.1) is 5.10 Å². The summed E-state index contributed by atoms with van der Waals surface area (Å²) in [6, 6.07) is 3.25. The highest BCUT2D eigenvalue weighted by Gasteiger charge is 2.11. The first-order chi connectivity index (χ1) is 12.9. The Morgan fingerprint density at radius 1 is 1.41 bits per heavy atom. The van der Waals surface area contributed by atoms with E-state index in [9.17, 15) is 14.4 Å². The number of hydrogen-bond donors (Lipinski definition) is 4. The second-order valence-electron chi connectivity index (χ2n) is 4.97. The molecule has 0 fully saturated rings. The summed E-state index contributed by atoms with van der Waals surface area (Å²) >= 11 is 6.15. The SMILES string of the molecule is CCOc1c(Cl)cc(/C=N/NC(=O)CNc2n[nH]c(=O)[nH]c2=O)cc1OC. The Bertz CT molecular complexity index is 954. The van der Waals surface area contributed by atoms with Gasteiger partial charge in [0.05, 0.1) is 31.5 Å². The van der Waals surface area contributed by atoms with Crippen molar-refractivity contribution >= 4 is 29.5 Å². The van der Waals surface area contributed by atoms with E-state index < -0.39 is 17.2 Å². The lowest BCUT2D eigenvalue weighted by Gasteiger charge is -2.11. The number of halogens is 1. The predicted octanol–water partition coefficient (Wildman–Crippen LogP) is 0.0811. The normalized spacial score (nSPS) is 10.6. The van der Waals surface area contributed by atoms with E-state index in [2.05, 4.69) is 20.9 Å². The number of ether oxygens (including phenoxy) is 2. The van der Waals surface area contributed by atoms with Crippen molar-refractivity contribution < 1.29 is 14.3 Å². The molecule has 11 nitrogen and oxygen atoms in total. The molecule has 1 amide bonds. The van der Waals surface area contributed by atoms with Gasteiger partial charge in [-0.3, -0.25) is 14.6 Å². The quantitative estimate of drug-likeness (QED) is 0.364. The predicted molar refractivity (Wildman–Crippen MR) is 98.9 cm³/mol. The minimum Gasteiger partial charge on any atom is -0.493 e. The summed E-state index contributed by atoms with van der Waals surface area (Å²) in [7, 11) is 1.48. The number of amides is 1. The fourth-order valence-corrected chi connectivity index (χ4v) is 2.22. The summed E-state index contributed by atoms with van der Waals surface area (Å²) in [6.07, 6.45) is 1.37. The Labute approximate surface area is 157 Å². The van der Waals surface area contributed by atoms with Crippen LogP contribution < -0.4 is 31.5 Å². The Hall–Kier alpha value is -3.34. The van der Waals surface area contributed by atoms with Gasteiger partial charge in [0.15, 0.2) is 11.5 Å². The van der Waals surface area contributed by atoms with E-state index in [0.717, 1.165) is 0 Å². The number of carbonyl (C=O) groups is 1. The van der Waals surface area contributed by atoms with Crippen LogP contribution in [0.4, 0.5) is 5.82 Å². The summed E-state index contributed by atoms with van der Waals surface area (Å²) in [5.74, 6) is 0.118. The summed E-state index contributed by atoms with van der Waals surface area (Å²) in [5.41, 5.74) is 1.36. The van der Waals surface area contributed by atoms with Gasteiger partial charge < -0.3 is 14.8 Å². The number of hydrogen-bond acceptors (Lipinski definition) is 8. The van der Waals surface area contributed by atoms with Gasteiger partial charge in [-0.25, -0.2) is 15.3 Å². The lowest BCUT2D eigenvalue weighted by atomic mass is 10.2. The van der Waals surface area contributed by atoms with Crippen LogP contribution in [0.15, 0.2) is 26.8 Å². The van der Waals surface area contributed by atoms with Crippen molar-refractivity contribution in [1.82, 2.24) is 20.6 Å². The lowest BCUT2D eigenvalue weighted by Crippen LogP contribution is -2.31. The van der Waals surface area contributed by atoms with Crippen LogP contribution >= 0.6 is 11.6 Å². The summed E-state index contributed by atoms with van der Waals surface area (Å²) in [5, 5.41) is 12.1. The summed E-state index contributed by atoms with van der Waals surface area (Å²) in [6.45, 7) is 1.97. The highest BCUT2D eigenvalue weighted by Crippen LogP contribution is 2.35. The van der Waals surface area contributed by atoms with E-state index in [-0.39, 0.29) is 12.4 Å². The number of rotatable bonds is 8. The molecule has 0 spiro atoms. The third-order valence-corrected chi connectivity index (χ3v) is 3.35. The van der Waals surface area contributed by atoms with Gasteiger partial charge >= 0.3 is 5.69 Å². The average Bonchev–Trinajstić information content (AvgIpc) is 2.63. The maximum absolute atomic E-state index is 11.7. The minimum atomic E-state index is -0.746. The number of nitrogens with zero attached hydrogens (tertiary/aromatic N) is 2. The molecule has 0 atom stereocenters. The van der Waals surface area contributed by atoms with E-state index in [4.69, 9.17) is 21.1 Å². The van der Waals surface area contributed by atoms with Crippen LogP contribution in [0.1, 0.15) is 12.5 Å². The fourth-order valence-electron chi connectivity index (χ4n) is 1.95. The van der Waals surface area contributed by atoms with E-state index in [1.54, 1.807) is 12.1 Å². The molecule has 0 unspecified atom stereocenters. The number of aromatic nitrogens is 3. The Kier molecular flexibility index (Phi) is 6.94. The molecule has 0 bridgehead atoms. The smallest absolute Gasteiger partial charge is 0.342 e. The van der Waals surface area contributed by atoms with Crippen LogP contribution in [0, 0.1) is 0 Å². The Balaban J connectivity index is 1.96. The van der Waals surface area contributed by atoms with Crippen LogP contribution in [0.5, 0.6) is 11.5 Å². The van der Waals surface area contributed by atoms with Gasteiger partial charge in [0.2, 0.25) is 5.82 Å². The number of nitrogens with one attached hydrogen (secondary N) is 4. The van der Waals surface area contributed by atoms with Crippen molar-refractivity contribution in [3.63, 3.8) is 0 Å². The minimum absolute atomic E-state index is 0.197. The number of hydrazone groups is 1. The van der Waals surface area contributed by atoms with E-state index in [1.165, 1.54) is 13.3 Å². The second-order valence-corrected chi connectivity index (χ2v) is 5.38. The average molecular weight is 397 g/mol. The largest absolute Gasteiger partial charge is 0.493 e. The second kappa shape index (κ2) is 9.38. The number of aromatic amines is 2. The summed E-state index contributed by atoms with van der Waals surface area (Å²) in [4.78, 5) is 36.0. The van der Waals surface area contributed by atoms with Gasteiger partial charge in [-0.2, -0.15) is 5.10 Å². The van der Waals surface area contributed by atoms with Crippen molar-refractivity contribution in [1.29, 1.82) is 0 Å². The highest BCUT2D eigenvalue weighted by atomic mass is 35.5. The Morgan fingerprint density at radius 3 is 2.85 bits per heavy atom. The Morgan fingerprint density at radius 2 is 2.19 bits per heavy atom. The van der Waals surface area contributed by atoms with Crippen LogP contribution in [0.3, 0.4) is 0 Å². The molecule has 0 aliphatic carbocycles. The molecule has 4 N–H and O–H groups in total. The number of carbonyl (C=O) groups excluding carboxylic acids is 1. The van der Waals surface area contributed by atoms with Gasteiger partial charge in [0.25, 0.3) is 11.5 Å². The number of methoxy groups -OCH3 is 1. The zero-order valence-corrected chi connectivity index (χ0v) is 15.2. The van der Waals surface area contributed by atoms with Gasteiger partial charge in [-0.05, 0) is 24.6 Å². The molecular formula is C15H17ClN6O5. The first kappa shape index (κ1) is 20.0. The standard InChI is InChI=1S/C15H17ClN6O5/c1-3-27-12-9(16)4-8(5-10(12)26-2)6-18-20-11(23)7-17-13-14(24)19-15(25)22-21-13/h4-6H,3,7H2,1-2H3,(H,17,21)(H,20,23)(H2,19,22,24,25)/b18-6+. The molecule has 1 aromatic carbocycles. The molecular weight excluding hydrogens is 380 g/mol. The molecule has 2 aromatic rings. The molecule has 1 aromatic heterocycles. The molecule has 0 aliphatic heterocycles. The van der Waals surface area contributed by atoms with Gasteiger partial charge in [0.1, 0.15) is 0 Å². The van der Waals surface area contributed by atoms with E-state index in [0.29, 0.717) is 28.7 Å². The van der Waals surface area contributed by atoms with Crippen molar-refractivity contribution in [2.24, 2.45) is 5.10 Å². The maximum atomic E-state index is 11.7. The molecule has 0 radical (unpaired) electrons. The van der Waals surface area contributed by atoms with Gasteiger partial charge in [0, 0.05) is 0 Å². The molecule has 0 saturated carbocycles. The van der Waals surface area contributed by atoms with Crippen LogP contribution in [-0.2, 0) is 4.79 Å². The molecule has 0 saturated heterocycles. The zero-order chi connectivity index (χ0) is 19.8. The molecule has 0 aliphatic rings. The summed E-state index contributed by atoms with van der Waals surface area (Å²) < 4.78 is 10.6. The molecule has 12 heteroatoms. The number of anilines is 1. The molecule has 144 valence electrons. The van der Waals surface area contributed by atoms with Crippen LogP contribution in [-0.4, -0.2) is 47.6 Å². The third-order valence-electron chi connectivity index (χ3n) is 3.07. The number of benzene rings is 1. The van der Waals surface area contributed by atoms with Crippen molar-refractivity contribution in [2.45, 2.75) is 6.92 Å². The van der Waals surface area contributed by atoms with Crippen molar-refractivity contribution in [3.8, 4) is 11.5 Å². The zero-order valence-electron chi connectivity index (χ0n) is 14.5. The molecule has 27 heavy (non-hydrogen) atoms. The van der Waals surface area contributed by atoms with Crippen LogP contribution in [0.2, 0.25) is 5.02 Å². The fraction of sp³-hybridized carbons (Fsp3) is 0.267. The first-order valence-corrected chi connectivity index (χ1v) is 8.07. The first-order valence-electron chi connectivity index (χ1n) is 7.69.